The highest BCUT2D eigenvalue weighted by Crippen LogP contribution is 2.37. The Morgan fingerprint density at radius 1 is 1.04 bits per heavy atom. The van der Waals surface area contributed by atoms with E-state index in [2.05, 4.69) is 6.92 Å². The van der Waals surface area contributed by atoms with Gasteiger partial charge in [-0.25, -0.2) is 0 Å². The summed E-state index contributed by atoms with van der Waals surface area (Å²) in [6.07, 6.45) is 1.20. The molecule has 28 heavy (non-hydrogen) atoms. The maximum absolute atomic E-state index is 13.4. The molecule has 1 aromatic carbocycles. The Balaban J connectivity index is 0.00000729. The number of nitrogens with two attached hydrogens (primary N) is 1. The molecule has 1 rings (SSSR count). The van der Waals surface area contributed by atoms with Crippen LogP contribution < -0.4 is 10.5 Å². The number of hydrogen-bond acceptors (Lipinski definition) is 4. The molecule has 0 saturated carbocycles. The van der Waals surface area contributed by atoms with E-state index in [1.807, 2.05) is 0 Å². The molecule has 0 aliphatic heterocycles. The Kier molecular flexibility index (Phi) is 12.8. The fourth-order valence-electron chi connectivity index (χ4n) is 2.87. The first-order valence-electron chi connectivity index (χ1n) is 9.59. The van der Waals surface area contributed by atoms with Crippen molar-refractivity contribution in [1.29, 1.82) is 0 Å². The monoisotopic (exact) mass is 427 g/mol. The number of aliphatic hydroxyl groups excluding tert-OH is 2. The summed E-state index contributed by atoms with van der Waals surface area (Å²) >= 11 is 0. The molecule has 0 saturated heterocycles. The lowest BCUT2D eigenvalue weighted by Crippen LogP contribution is -2.44. The summed E-state index contributed by atoms with van der Waals surface area (Å²) in [4.78, 5) is 0. The van der Waals surface area contributed by atoms with Crippen LogP contribution in [0.15, 0.2) is 18.2 Å². The molecule has 0 aliphatic rings. The topological polar surface area (TPSA) is 75.7 Å². The van der Waals surface area contributed by atoms with Gasteiger partial charge in [-0.1, -0.05) is 38.7 Å². The highest BCUT2D eigenvalue weighted by Gasteiger charge is 2.35. The lowest BCUT2D eigenvalue weighted by molar-refractivity contribution is -0.139. The number of ether oxygens (including phenoxy) is 1. The van der Waals surface area contributed by atoms with E-state index in [1.165, 1.54) is 6.07 Å². The molecule has 1 atom stereocenters. The SMILES string of the molecule is CCCCCCCOc1ccc(CCC(N)(CO)CCO)cc1C(F)(F)F.Cl. The number of unbranched alkanes of at least 4 members (excludes halogenated alkanes) is 4. The summed E-state index contributed by atoms with van der Waals surface area (Å²) in [5.41, 5.74) is 4.65. The second kappa shape index (κ2) is 13.2. The van der Waals surface area contributed by atoms with Crippen LogP contribution in [0.1, 0.15) is 63.0 Å². The van der Waals surface area contributed by atoms with Gasteiger partial charge in [-0.3, -0.25) is 0 Å². The molecule has 0 spiro atoms. The zero-order valence-electron chi connectivity index (χ0n) is 16.4. The lowest BCUT2D eigenvalue weighted by Gasteiger charge is -2.26. The van der Waals surface area contributed by atoms with Gasteiger partial charge in [0.25, 0.3) is 0 Å². The molecule has 0 heterocycles. The third-order valence-corrected chi connectivity index (χ3v) is 4.69. The molecule has 1 unspecified atom stereocenters. The van der Waals surface area contributed by atoms with Crippen molar-refractivity contribution < 1.29 is 28.1 Å². The molecular weight excluding hydrogens is 395 g/mol. The quantitative estimate of drug-likeness (QED) is 0.406. The van der Waals surface area contributed by atoms with Gasteiger partial charge >= 0.3 is 6.18 Å². The van der Waals surface area contributed by atoms with E-state index in [0.717, 1.165) is 38.2 Å². The van der Waals surface area contributed by atoms with Crippen LogP contribution in [0.25, 0.3) is 0 Å². The van der Waals surface area contributed by atoms with Crippen LogP contribution in [0.5, 0.6) is 5.75 Å². The van der Waals surface area contributed by atoms with Crippen LogP contribution in [0.2, 0.25) is 0 Å². The van der Waals surface area contributed by atoms with Crippen LogP contribution in [0.4, 0.5) is 13.2 Å². The first-order valence-corrected chi connectivity index (χ1v) is 9.59. The summed E-state index contributed by atoms with van der Waals surface area (Å²) in [5.74, 6) is -0.154. The third kappa shape index (κ3) is 9.45. The minimum Gasteiger partial charge on any atom is -0.493 e. The molecule has 0 bridgehead atoms. The van der Waals surface area contributed by atoms with Gasteiger partial charge in [-0.15, -0.1) is 12.4 Å². The summed E-state index contributed by atoms with van der Waals surface area (Å²) in [6, 6.07) is 4.04. The van der Waals surface area contributed by atoms with E-state index in [9.17, 15) is 18.3 Å². The first kappa shape index (κ1) is 27.0. The van der Waals surface area contributed by atoms with E-state index >= 15 is 0 Å². The van der Waals surface area contributed by atoms with Crippen molar-refractivity contribution in [3.8, 4) is 5.75 Å². The van der Waals surface area contributed by atoms with E-state index in [4.69, 9.17) is 15.6 Å². The van der Waals surface area contributed by atoms with E-state index in [-0.39, 0.29) is 57.2 Å². The Bertz CT molecular complexity index is 558. The minimum absolute atomic E-state index is 0. The number of alkyl halides is 3. The van der Waals surface area contributed by atoms with Crippen LogP contribution in [0.3, 0.4) is 0 Å². The third-order valence-electron chi connectivity index (χ3n) is 4.69. The van der Waals surface area contributed by atoms with Gasteiger partial charge in [0.05, 0.1) is 18.8 Å². The Morgan fingerprint density at radius 3 is 2.29 bits per heavy atom. The molecule has 0 radical (unpaired) electrons. The number of aliphatic hydroxyl groups is 2. The van der Waals surface area contributed by atoms with Crippen LogP contribution in [-0.2, 0) is 12.6 Å². The van der Waals surface area contributed by atoms with Gasteiger partial charge in [0.2, 0.25) is 0 Å². The summed E-state index contributed by atoms with van der Waals surface area (Å²) in [7, 11) is 0. The number of aryl methyl sites for hydroxylation is 1. The normalized spacial score (nSPS) is 13.7. The van der Waals surface area contributed by atoms with Crippen LogP contribution in [-0.4, -0.2) is 35.6 Å². The zero-order valence-corrected chi connectivity index (χ0v) is 17.2. The molecule has 0 fully saturated rings. The molecule has 4 N–H and O–H groups in total. The van der Waals surface area contributed by atoms with Crippen LogP contribution >= 0.6 is 12.4 Å². The van der Waals surface area contributed by atoms with E-state index in [0.29, 0.717) is 5.56 Å². The Morgan fingerprint density at radius 2 is 1.71 bits per heavy atom. The number of halogens is 4. The van der Waals surface area contributed by atoms with Gasteiger partial charge in [0, 0.05) is 12.1 Å². The predicted molar refractivity (Wildman–Crippen MR) is 107 cm³/mol. The van der Waals surface area contributed by atoms with Crippen molar-refractivity contribution in [3.63, 3.8) is 0 Å². The number of benzene rings is 1. The van der Waals surface area contributed by atoms with Crippen molar-refractivity contribution in [2.45, 2.75) is 70.0 Å². The fraction of sp³-hybridized carbons (Fsp3) is 0.700. The maximum atomic E-state index is 13.4. The lowest BCUT2D eigenvalue weighted by atomic mass is 9.89. The first-order chi connectivity index (χ1) is 12.8. The Labute approximate surface area is 171 Å². The van der Waals surface area contributed by atoms with Crippen molar-refractivity contribution >= 4 is 12.4 Å². The van der Waals surface area contributed by atoms with Crippen molar-refractivity contribution in [2.24, 2.45) is 5.73 Å². The molecule has 0 aliphatic carbocycles. The van der Waals surface area contributed by atoms with Gasteiger partial charge < -0.3 is 20.7 Å². The van der Waals surface area contributed by atoms with Gasteiger partial charge in [0.15, 0.2) is 0 Å². The maximum Gasteiger partial charge on any atom is 0.419 e. The standard InChI is InChI=1S/C20H32F3NO3.ClH/c1-2-3-4-5-6-13-27-18-8-7-16(14-17(18)20(21,22)23)9-10-19(24,15-26)11-12-25;/h7-8,14,25-26H,2-6,9-13,15,24H2,1H3;1H. The van der Waals surface area contributed by atoms with E-state index in [1.54, 1.807) is 6.07 Å². The second-order valence-corrected chi connectivity index (χ2v) is 7.09. The number of hydrogen-bond donors (Lipinski definition) is 3. The van der Waals surface area contributed by atoms with Gasteiger partial charge in [0.1, 0.15) is 5.75 Å². The largest absolute Gasteiger partial charge is 0.493 e. The zero-order chi connectivity index (χ0) is 20.3. The van der Waals surface area contributed by atoms with Gasteiger partial charge in [-0.05, 0) is 43.4 Å². The molecular formula is C20H33ClF3NO3. The molecule has 1 aromatic rings. The second-order valence-electron chi connectivity index (χ2n) is 7.09. The van der Waals surface area contributed by atoms with Crippen molar-refractivity contribution in [3.05, 3.63) is 29.3 Å². The molecule has 0 aromatic heterocycles. The Hall–Kier alpha value is -1.02. The molecule has 164 valence electrons. The molecule has 4 nitrogen and oxygen atoms in total. The average Bonchev–Trinajstić information content (AvgIpc) is 2.63. The minimum atomic E-state index is -4.50. The fourth-order valence-corrected chi connectivity index (χ4v) is 2.87. The molecule has 0 amide bonds. The average molecular weight is 428 g/mol. The highest BCUT2D eigenvalue weighted by molar-refractivity contribution is 5.85. The summed E-state index contributed by atoms with van der Waals surface area (Å²) in [5, 5.41) is 18.4. The van der Waals surface area contributed by atoms with E-state index < -0.39 is 17.3 Å². The predicted octanol–water partition coefficient (Wildman–Crippen LogP) is 4.48. The highest BCUT2D eigenvalue weighted by atomic mass is 35.5. The van der Waals surface area contributed by atoms with Crippen LogP contribution in [0, 0.1) is 0 Å². The smallest absolute Gasteiger partial charge is 0.419 e. The summed E-state index contributed by atoms with van der Waals surface area (Å²) < 4.78 is 45.5. The molecule has 8 heteroatoms. The van der Waals surface area contributed by atoms with Gasteiger partial charge in [-0.2, -0.15) is 13.2 Å². The van der Waals surface area contributed by atoms with Crippen molar-refractivity contribution in [2.75, 3.05) is 19.8 Å². The number of rotatable bonds is 13. The summed E-state index contributed by atoms with van der Waals surface area (Å²) in [6.45, 7) is 1.85. The van der Waals surface area contributed by atoms with Crippen molar-refractivity contribution in [1.82, 2.24) is 0 Å².